The highest BCUT2D eigenvalue weighted by atomic mass is 35.5. The third-order valence-electron chi connectivity index (χ3n) is 3.24. The molecule has 0 aromatic heterocycles. The summed E-state index contributed by atoms with van der Waals surface area (Å²) in [5.74, 6) is 0.477. The predicted molar refractivity (Wildman–Crippen MR) is 63.9 cm³/mol. The number of nitro groups is 1. The fraction of sp³-hybridized carbons (Fsp3) is 0.500. The van der Waals surface area contributed by atoms with Crippen molar-refractivity contribution in [2.24, 2.45) is 0 Å². The average molecular weight is 240 g/mol. The van der Waals surface area contributed by atoms with Crippen LogP contribution < -0.4 is 0 Å². The molecule has 0 bridgehead atoms. The van der Waals surface area contributed by atoms with Crippen LogP contribution in [0.25, 0.3) is 0 Å². The summed E-state index contributed by atoms with van der Waals surface area (Å²) in [6.07, 6.45) is 6.01. The van der Waals surface area contributed by atoms with Crippen molar-refractivity contribution in [2.75, 3.05) is 0 Å². The van der Waals surface area contributed by atoms with Gasteiger partial charge in [0.25, 0.3) is 5.69 Å². The highest BCUT2D eigenvalue weighted by Gasteiger charge is 2.19. The molecule has 0 aliphatic heterocycles. The number of hydrogen-bond donors (Lipinski definition) is 0. The Bertz CT molecular complexity index is 400. The predicted octanol–water partition coefficient (Wildman–Crippen LogP) is 4.30. The monoisotopic (exact) mass is 239 g/mol. The zero-order chi connectivity index (χ0) is 11.5. The quantitative estimate of drug-likeness (QED) is 0.571. The van der Waals surface area contributed by atoms with Crippen LogP contribution in [-0.2, 0) is 0 Å². The van der Waals surface area contributed by atoms with E-state index < -0.39 is 4.92 Å². The Morgan fingerprint density at radius 1 is 1.25 bits per heavy atom. The summed E-state index contributed by atoms with van der Waals surface area (Å²) in [6.45, 7) is 0. The van der Waals surface area contributed by atoms with Crippen molar-refractivity contribution in [1.29, 1.82) is 0 Å². The maximum atomic E-state index is 10.8. The number of benzene rings is 1. The van der Waals surface area contributed by atoms with Gasteiger partial charge in [0.15, 0.2) is 0 Å². The van der Waals surface area contributed by atoms with Gasteiger partial charge in [-0.15, -0.1) is 0 Å². The van der Waals surface area contributed by atoms with Crippen LogP contribution in [-0.4, -0.2) is 4.92 Å². The van der Waals surface area contributed by atoms with E-state index in [1.807, 2.05) is 6.07 Å². The maximum absolute atomic E-state index is 10.8. The Morgan fingerprint density at radius 3 is 2.56 bits per heavy atom. The molecular weight excluding hydrogens is 226 g/mol. The van der Waals surface area contributed by atoms with E-state index in [9.17, 15) is 10.1 Å². The molecule has 1 aromatic carbocycles. The van der Waals surface area contributed by atoms with Crippen molar-refractivity contribution in [3.05, 3.63) is 38.9 Å². The standard InChI is InChI=1S/C12H14ClNO2/c13-11-7-6-10(8-12(11)14(15)16)9-4-2-1-3-5-9/h6-9H,1-5H2. The summed E-state index contributed by atoms with van der Waals surface area (Å²) in [5, 5.41) is 11.0. The fourth-order valence-electron chi connectivity index (χ4n) is 2.36. The fourth-order valence-corrected chi connectivity index (χ4v) is 2.55. The number of rotatable bonds is 2. The zero-order valence-electron chi connectivity index (χ0n) is 8.99. The third-order valence-corrected chi connectivity index (χ3v) is 3.56. The van der Waals surface area contributed by atoms with Crippen molar-refractivity contribution in [2.45, 2.75) is 38.0 Å². The van der Waals surface area contributed by atoms with Crippen LogP contribution in [0.3, 0.4) is 0 Å². The smallest absolute Gasteiger partial charge is 0.258 e. The van der Waals surface area contributed by atoms with Gasteiger partial charge in [0.1, 0.15) is 5.02 Å². The second-order valence-corrected chi connectivity index (χ2v) is 4.71. The molecule has 0 N–H and O–H groups in total. The van der Waals surface area contributed by atoms with Gasteiger partial charge in [-0.1, -0.05) is 36.9 Å². The minimum absolute atomic E-state index is 0.0322. The molecule has 1 saturated carbocycles. The number of hydrogen-bond acceptors (Lipinski definition) is 2. The summed E-state index contributed by atoms with van der Waals surface area (Å²) in [7, 11) is 0. The normalized spacial score (nSPS) is 17.3. The summed E-state index contributed by atoms with van der Waals surface area (Å²) >= 11 is 5.79. The van der Waals surface area contributed by atoms with Crippen LogP contribution in [0.1, 0.15) is 43.6 Å². The van der Waals surface area contributed by atoms with Crippen LogP contribution in [0.15, 0.2) is 18.2 Å². The lowest BCUT2D eigenvalue weighted by atomic mass is 9.84. The van der Waals surface area contributed by atoms with Crippen molar-refractivity contribution in [3.63, 3.8) is 0 Å². The van der Waals surface area contributed by atoms with Crippen LogP contribution in [0.4, 0.5) is 5.69 Å². The summed E-state index contributed by atoms with van der Waals surface area (Å²) < 4.78 is 0. The molecule has 16 heavy (non-hydrogen) atoms. The molecule has 1 aliphatic rings. The Balaban J connectivity index is 2.27. The van der Waals surface area contributed by atoms with Gasteiger partial charge >= 0.3 is 0 Å². The first-order valence-corrected chi connectivity index (χ1v) is 6.00. The van der Waals surface area contributed by atoms with Gasteiger partial charge < -0.3 is 0 Å². The molecule has 1 aromatic rings. The van der Waals surface area contributed by atoms with Crippen LogP contribution >= 0.6 is 11.6 Å². The average Bonchev–Trinajstić information content (AvgIpc) is 2.30. The number of halogens is 1. The largest absolute Gasteiger partial charge is 0.288 e. The van der Waals surface area contributed by atoms with Gasteiger partial charge in [0.2, 0.25) is 0 Å². The van der Waals surface area contributed by atoms with Crippen LogP contribution in [0.5, 0.6) is 0 Å². The van der Waals surface area contributed by atoms with E-state index in [0.29, 0.717) is 5.92 Å². The molecule has 1 fully saturated rings. The van der Waals surface area contributed by atoms with Crippen molar-refractivity contribution < 1.29 is 4.92 Å². The molecule has 0 unspecified atom stereocenters. The lowest BCUT2D eigenvalue weighted by Gasteiger charge is -2.21. The van der Waals surface area contributed by atoms with E-state index in [2.05, 4.69) is 0 Å². The van der Waals surface area contributed by atoms with Crippen molar-refractivity contribution >= 4 is 17.3 Å². The van der Waals surface area contributed by atoms with E-state index >= 15 is 0 Å². The molecule has 1 aliphatic carbocycles. The van der Waals surface area contributed by atoms with Gasteiger partial charge in [-0.3, -0.25) is 10.1 Å². The molecule has 2 rings (SSSR count). The van der Waals surface area contributed by atoms with Gasteiger partial charge in [0, 0.05) is 6.07 Å². The van der Waals surface area contributed by atoms with Gasteiger partial charge in [0.05, 0.1) is 4.92 Å². The van der Waals surface area contributed by atoms with Crippen molar-refractivity contribution in [1.82, 2.24) is 0 Å². The lowest BCUT2D eigenvalue weighted by Crippen LogP contribution is -2.05. The Morgan fingerprint density at radius 2 is 1.94 bits per heavy atom. The Hall–Kier alpha value is -1.09. The molecule has 0 atom stereocenters. The van der Waals surface area contributed by atoms with Gasteiger partial charge in [-0.2, -0.15) is 0 Å². The molecule has 4 heteroatoms. The highest BCUT2D eigenvalue weighted by molar-refractivity contribution is 6.32. The Kier molecular flexibility index (Phi) is 3.44. The van der Waals surface area contributed by atoms with E-state index in [-0.39, 0.29) is 10.7 Å². The molecular formula is C12H14ClNO2. The molecule has 0 amide bonds. The second kappa shape index (κ2) is 4.83. The topological polar surface area (TPSA) is 43.1 Å². The first-order valence-electron chi connectivity index (χ1n) is 5.62. The molecule has 86 valence electrons. The van der Waals surface area contributed by atoms with Crippen LogP contribution in [0.2, 0.25) is 5.02 Å². The second-order valence-electron chi connectivity index (χ2n) is 4.30. The van der Waals surface area contributed by atoms with E-state index in [4.69, 9.17) is 11.6 Å². The highest BCUT2D eigenvalue weighted by Crippen LogP contribution is 2.35. The molecule has 0 radical (unpaired) electrons. The number of nitro benzene ring substituents is 1. The third kappa shape index (κ3) is 2.35. The summed E-state index contributed by atoms with van der Waals surface area (Å²) in [4.78, 5) is 10.4. The summed E-state index contributed by atoms with van der Waals surface area (Å²) in [6, 6.07) is 5.20. The van der Waals surface area contributed by atoms with E-state index in [1.54, 1.807) is 12.1 Å². The van der Waals surface area contributed by atoms with Gasteiger partial charge in [-0.25, -0.2) is 0 Å². The molecule has 0 saturated heterocycles. The minimum Gasteiger partial charge on any atom is -0.258 e. The van der Waals surface area contributed by atoms with Gasteiger partial charge in [-0.05, 0) is 30.4 Å². The minimum atomic E-state index is -0.408. The zero-order valence-corrected chi connectivity index (χ0v) is 9.74. The lowest BCUT2D eigenvalue weighted by molar-refractivity contribution is -0.384. The Labute approximate surface area is 99.6 Å². The first kappa shape index (κ1) is 11.4. The number of nitrogens with zero attached hydrogens (tertiary/aromatic N) is 1. The van der Waals surface area contributed by atoms with Crippen LogP contribution in [0, 0.1) is 10.1 Å². The van der Waals surface area contributed by atoms with Crippen molar-refractivity contribution in [3.8, 4) is 0 Å². The SMILES string of the molecule is O=[N+]([O-])c1cc(C2CCCCC2)ccc1Cl. The van der Waals surface area contributed by atoms with E-state index in [1.165, 1.54) is 19.3 Å². The maximum Gasteiger partial charge on any atom is 0.288 e. The molecule has 0 spiro atoms. The first-order chi connectivity index (χ1) is 7.68. The summed E-state index contributed by atoms with van der Waals surface area (Å²) in [5.41, 5.74) is 1.10. The molecule has 0 heterocycles. The molecule has 3 nitrogen and oxygen atoms in total. The van der Waals surface area contributed by atoms with E-state index in [0.717, 1.165) is 18.4 Å².